The van der Waals surface area contributed by atoms with Crippen molar-refractivity contribution in [3.63, 3.8) is 0 Å². The summed E-state index contributed by atoms with van der Waals surface area (Å²) in [7, 11) is -3.02. The van der Waals surface area contributed by atoms with E-state index in [0.717, 1.165) is 0 Å². The molecule has 0 N–H and O–H groups in total. The van der Waals surface area contributed by atoms with E-state index in [0.29, 0.717) is 32.5 Å². The summed E-state index contributed by atoms with van der Waals surface area (Å²) in [6, 6.07) is 2.22. The summed E-state index contributed by atoms with van der Waals surface area (Å²) in [5, 5.41) is 8.74. The van der Waals surface area contributed by atoms with Crippen LogP contribution >= 0.6 is 0 Å². The third-order valence-electron chi connectivity index (χ3n) is 2.99. The zero-order chi connectivity index (χ0) is 11.5. The van der Waals surface area contributed by atoms with Crippen LogP contribution in [0.15, 0.2) is 0 Å². The molecule has 1 aliphatic rings. The summed E-state index contributed by atoms with van der Waals surface area (Å²) >= 11 is 0. The van der Waals surface area contributed by atoms with Crippen LogP contribution in [-0.4, -0.2) is 33.1 Å². The fourth-order valence-corrected chi connectivity index (χ4v) is 3.17. The highest BCUT2D eigenvalue weighted by Gasteiger charge is 2.43. The summed E-state index contributed by atoms with van der Waals surface area (Å²) in [4.78, 5) is 0. The van der Waals surface area contributed by atoms with Gasteiger partial charge in [0.1, 0.15) is 9.84 Å². The first-order valence-electron chi connectivity index (χ1n) is 5.11. The number of hydrogen-bond acceptors (Lipinski definition) is 4. The van der Waals surface area contributed by atoms with Crippen LogP contribution in [0.5, 0.6) is 0 Å². The molecule has 15 heavy (non-hydrogen) atoms. The lowest BCUT2D eigenvalue weighted by Crippen LogP contribution is -2.25. The van der Waals surface area contributed by atoms with Crippen LogP contribution in [0.3, 0.4) is 0 Å². The highest BCUT2D eigenvalue weighted by Crippen LogP contribution is 2.40. The summed E-state index contributed by atoms with van der Waals surface area (Å²) in [5.74, 6) is 0. The Balaban J connectivity index is 2.70. The molecule has 1 rings (SSSR count). The SMILES string of the molecule is CCOC[C@@]1(C#N)CC[C@@H](S(C)(=O)=O)C1. The molecule has 1 saturated carbocycles. The van der Waals surface area contributed by atoms with Gasteiger partial charge in [0.2, 0.25) is 0 Å². The van der Waals surface area contributed by atoms with E-state index in [2.05, 4.69) is 6.07 Å². The van der Waals surface area contributed by atoms with Crippen LogP contribution in [0.4, 0.5) is 0 Å². The zero-order valence-electron chi connectivity index (χ0n) is 9.19. The van der Waals surface area contributed by atoms with E-state index in [9.17, 15) is 8.42 Å². The molecule has 1 fully saturated rings. The number of rotatable bonds is 4. The van der Waals surface area contributed by atoms with E-state index in [-0.39, 0.29) is 5.25 Å². The molecular weight excluding hydrogens is 214 g/mol. The number of ether oxygens (including phenoxy) is 1. The lowest BCUT2D eigenvalue weighted by Gasteiger charge is -2.19. The molecule has 1 aliphatic carbocycles. The quantitative estimate of drug-likeness (QED) is 0.727. The maximum absolute atomic E-state index is 11.4. The zero-order valence-corrected chi connectivity index (χ0v) is 10.0. The van der Waals surface area contributed by atoms with Gasteiger partial charge in [-0.1, -0.05) is 0 Å². The maximum Gasteiger partial charge on any atom is 0.150 e. The van der Waals surface area contributed by atoms with Crippen molar-refractivity contribution in [3.8, 4) is 6.07 Å². The highest BCUT2D eigenvalue weighted by atomic mass is 32.2. The van der Waals surface area contributed by atoms with Crippen LogP contribution in [0.25, 0.3) is 0 Å². The number of nitriles is 1. The Kier molecular flexibility index (Phi) is 3.74. The molecular formula is C10H17NO3S. The van der Waals surface area contributed by atoms with E-state index in [1.54, 1.807) is 0 Å². The van der Waals surface area contributed by atoms with Crippen molar-refractivity contribution in [2.75, 3.05) is 19.5 Å². The molecule has 0 aromatic rings. The van der Waals surface area contributed by atoms with Gasteiger partial charge in [-0.05, 0) is 26.2 Å². The van der Waals surface area contributed by atoms with Crippen molar-refractivity contribution < 1.29 is 13.2 Å². The lowest BCUT2D eigenvalue weighted by atomic mass is 9.89. The number of sulfone groups is 1. The van der Waals surface area contributed by atoms with Crippen molar-refractivity contribution in [3.05, 3.63) is 0 Å². The summed E-state index contributed by atoms with van der Waals surface area (Å²) in [6.45, 7) is 2.78. The third-order valence-corrected chi connectivity index (χ3v) is 4.60. The standard InChI is InChI=1S/C10H17NO3S/c1-3-14-8-10(7-11)5-4-9(6-10)15(2,12)13/h9H,3-6,8H2,1-2H3/t9-,10+/m1/s1. The van der Waals surface area contributed by atoms with Gasteiger partial charge >= 0.3 is 0 Å². The molecule has 0 aromatic heterocycles. The second-order valence-corrected chi connectivity index (χ2v) is 6.55. The lowest BCUT2D eigenvalue weighted by molar-refractivity contribution is 0.0835. The van der Waals surface area contributed by atoms with Crippen molar-refractivity contribution in [2.45, 2.75) is 31.4 Å². The van der Waals surface area contributed by atoms with Gasteiger partial charge in [-0.25, -0.2) is 8.42 Å². The predicted molar refractivity (Wildman–Crippen MR) is 57.0 cm³/mol. The predicted octanol–water partition coefficient (Wildman–Crippen LogP) is 1.13. The Hall–Kier alpha value is -0.600. The van der Waals surface area contributed by atoms with Gasteiger partial charge < -0.3 is 4.74 Å². The fourth-order valence-electron chi connectivity index (χ4n) is 2.01. The maximum atomic E-state index is 11.4. The van der Waals surface area contributed by atoms with Gasteiger partial charge in [-0.2, -0.15) is 5.26 Å². The molecule has 0 aromatic carbocycles. The van der Waals surface area contributed by atoms with Gasteiger partial charge in [-0.15, -0.1) is 0 Å². The Bertz CT molecular complexity index is 357. The summed E-state index contributed by atoms with van der Waals surface area (Å²) in [5.41, 5.74) is -0.580. The average Bonchev–Trinajstić information content (AvgIpc) is 2.59. The number of nitrogens with zero attached hydrogens (tertiary/aromatic N) is 1. The van der Waals surface area contributed by atoms with Crippen LogP contribution in [0, 0.1) is 16.7 Å². The molecule has 0 spiro atoms. The Labute approximate surface area is 91.1 Å². The van der Waals surface area contributed by atoms with Crippen molar-refractivity contribution in [1.82, 2.24) is 0 Å². The van der Waals surface area contributed by atoms with Gasteiger partial charge in [0.15, 0.2) is 0 Å². The molecule has 0 amide bonds. The van der Waals surface area contributed by atoms with E-state index < -0.39 is 15.3 Å². The van der Waals surface area contributed by atoms with E-state index in [4.69, 9.17) is 10.00 Å². The molecule has 0 bridgehead atoms. The Morgan fingerprint density at radius 1 is 1.60 bits per heavy atom. The molecule has 0 unspecified atom stereocenters. The van der Waals surface area contributed by atoms with E-state index in [1.807, 2.05) is 6.92 Å². The largest absolute Gasteiger partial charge is 0.380 e. The fraction of sp³-hybridized carbons (Fsp3) is 0.900. The van der Waals surface area contributed by atoms with E-state index >= 15 is 0 Å². The van der Waals surface area contributed by atoms with Crippen LogP contribution in [0.2, 0.25) is 0 Å². The first-order valence-corrected chi connectivity index (χ1v) is 7.07. The third kappa shape index (κ3) is 2.93. The van der Waals surface area contributed by atoms with Crippen LogP contribution in [-0.2, 0) is 14.6 Å². The molecule has 0 radical (unpaired) electrons. The second-order valence-electron chi connectivity index (χ2n) is 4.22. The smallest absolute Gasteiger partial charge is 0.150 e. The topological polar surface area (TPSA) is 67.2 Å². The normalized spacial score (nSPS) is 31.4. The van der Waals surface area contributed by atoms with Gasteiger partial charge in [0.05, 0.1) is 23.3 Å². The summed E-state index contributed by atoms with van der Waals surface area (Å²) < 4.78 is 28.0. The molecule has 0 saturated heterocycles. The van der Waals surface area contributed by atoms with Gasteiger partial charge in [0.25, 0.3) is 0 Å². The molecule has 4 nitrogen and oxygen atoms in total. The second kappa shape index (κ2) is 4.50. The highest BCUT2D eigenvalue weighted by molar-refractivity contribution is 7.91. The molecule has 5 heteroatoms. The average molecular weight is 231 g/mol. The van der Waals surface area contributed by atoms with Crippen LogP contribution in [0.1, 0.15) is 26.2 Å². The molecule has 0 aliphatic heterocycles. The first-order chi connectivity index (χ1) is 6.93. The minimum absolute atomic E-state index is 0.353. The van der Waals surface area contributed by atoms with Gasteiger partial charge in [-0.3, -0.25) is 0 Å². The Morgan fingerprint density at radius 3 is 2.67 bits per heavy atom. The number of hydrogen-bond donors (Lipinski definition) is 0. The Morgan fingerprint density at radius 2 is 2.27 bits per heavy atom. The van der Waals surface area contributed by atoms with Crippen molar-refractivity contribution in [2.24, 2.45) is 5.41 Å². The molecule has 2 atom stereocenters. The van der Waals surface area contributed by atoms with Crippen LogP contribution < -0.4 is 0 Å². The minimum atomic E-state index is -3.02. The van der Waals surface area contributed by atoms with Crippen molar-refractivity contribution >= 4 is 9.84 Å². The van der Waals surface area contributed by atoms with Gasteiger partial charge in [0, 0.05) is 12.9 Å². The monoisotopic (exact) mass is 231 g/mol. The first kappa shape index (κ1) is 12.5. The molecule has 86 valence electrons. The minimum Gasteiger partial charge on any atom is -0.380 e. The van der Waals surface area contributed by atoms with Crippen molar-refractivity contribution in [1.29, 1.82) is 5.26 Å². The summed E-state index contributed by atoms with van der Waals surface area (Å²) in [6.07, 6.45) is 2.87. The molecule has 0 heterocycles. The van der Waals surface area contributed by atoms with E-state index in [1.165, 1.54) is 6.26 Å².